The summed E-state index contributed by atoms with van der Waals surface area (Å²) in [5, 5.41) is 4.16. The van der Waals surface area contributed by atoms with Gasteiger partial charge in [0.25, 0.3) is 0 Å². The van der Waals surface area contributed by atoms with E-state index in [0.29, 0.717) is 16.9 Å². The normalized spacial score (nSPS) is 21.9. The number of rotatable bonds is 6. The number of hydrogen-bond donors (Lipinski definition) is 2. The molecule has 3 rings (SSSR count). The number of primary amides is 1. The van der Waals surface area contributed by atoms with E-state index < -0.39 is 5.54 Å². The lowest BCUT2D eigenvalue weighted by molar-refractivity contribution is -0.125. The molecule has 4 heteroatoms. The lowest BCUT2D eigenvalue weighted by Crippen LogP contribution is -2.55. The zero-order chi connectivity index (χ0) is 13.5. The highest BCUT2D eigenvalue weighted by Gasteiger charge is 2.51. The third kappa shape index (κ3) is 2.49. The summed E-state index contributed by atoms with van der Waals surface area (Å²) in [5.41, 5.74) is 6.01. The molecule has 3 nitrogen and oxygen atoms in total. The van der Waals surface area contributed by atoms with Crippen molar-refractivity contribution in [1.29, 1.82) is 0 Å². The molecule has 2 aliphatic rings. The number of halogens is 1. The van der Waals surface area contributed by atoms with Gasteiger partial charge in [-0.1, -0.05) is 23.7 Å². The van der Waals surface area contributed by atoms with Crippen LogP contribution in [0.1, 0.15) is 31.2 Å². The van der Waals surface area contributed by atoms with Gasteiger partial charge in [0.15, 0.2) is 0 Å². The molecule has 1 aromatic rings. The van der Waals surface area contributed by atoms with Gasteiger partial charge in [0.05, 0.1) is 0 Å². The van der Waals surface area contributed by atoms with Crippen LogP contribution in [0, 0.1) is 11.8 Å². The van der Waals surface area contributed by atoms with Crippen molar-refractivity contribution in [3.63, 3.8) is 0 Å². The van der Waals surface area contributed by atoms with Crippen molar-refractivity contribution < 1.29 is 4.79 Å². The highest BCUT2D eigenvalue weighted by atomic mass is 35.5. The SMILES string of the molecule is NC(=O)C(NCC1CC1)(c1ccc(Cl)cc1)C1CC1. The number of nitrogens with one attached hydrogen (secondary N) is 1. The predicted octanol–water partition coefficient (Wildman–Crippen LogP) is 2.43. The maximum absolute atomic E-state index is 12.1. The summed E-state index contributed by atoms with van der Waals surface area (Å²) in [7, 11) is 0. The van der Waals surface area contributed by atoms with Crippen molar-refractivity contribution in [3.05, 3.63) is 34.9 Å². The maximum Gasteiger partial charge on any atom is 0.242 e. The molecule has 2 fully saturated rings. The second kappa shape index (κ2) is 4.80. The molecule has 3 N–H and O–H groups in total. The highest BCUT2D eigenvalue weighted by molar-refractivity contribution is 6.30. The lowest BCUT2D eigenvalue weighted by atomic mass is 9.84. The van der Waals surface area contributed by atoms with Crippen LogP contribution in [0.2, 0.25) is 5.02 Å². The largest absolute Gasteiger partial charge is 0.368 e. The molecule has 0 aliphatic heterocycles. The van der Waals surface area contributed by atoms with E-state index in [-0.39, 0.29) is 5.91 Å². The summed E-state index contributed by atoms with van der Waals surface area (Å²) >= 11 is 5.94. The van der Waals surface area contributed by atoms with E-state index in [1.165, 1.54) is 12.8 Å². The Morgan fingerprint density at radius 2 is 1.89 bits per heavy atom. The second-order valence-corrected chi connectivity index (χ2v) is 6.21. The molecule has 2 saturated carbocycles. The smallest absolute Gasteiger partial charge is 0.242 e. The van der Waals surface area contributed by atoms with E-state index in [2.05, 4.69) is 5.32 Å². The number of hydrogen-bond acceptors (Lipinski definition) is 2. The molecule has 0 radical (unpaired) electrons. The molecule has 1 amide bonds. The van der Waals surface area contributed by atoms with Crippen LogP contribution < -0.4 is 11.1 Å². The zero-order valence-electron chi connectivity index (χ0n) is 10.9. The Balaban J connectivity index is 1.92. The van der Waals surface area contributed by atoms with Gasteiger partial charge >= 0.3 is 0 Å². The van der Waals surface area contributed by atoms with Crippen molar-refractivity contribution in [2.24, 2.45) is 17.6 Å². The minimum absolute atomic E-state index is 0.266. The molecule has 0 spiro atoms. The topological polar surface area (TPSA) is 55.1 Å². The van der Waals surface area contributed by atoms with Crippen molar-refractivity contribution in [1.82, 2.24) is 5.32 Å². The number of nitrogens with two attached hydrogens (primary N) is 1. The summed E-state index contributed by atoms with van der Waals surface area (Å²) in [6, 6.07) is 7.50. The number of carbonyl (C=O) groups excluding carboxylic acids is 1. The summed E-state index contributed by atoms with van der Waals surface area (Å²) in [4.78, 5) is 12.1. The highest BCUT2D eigenvalue weighted by Crippen LogP contribution is 2.46. The average molecular weight is 279 g/mol. The Bertz CT molecular complexity index is 479. The van der Waals surface area contributed by atoms with Crippen LogP contribution in [0.15, 0.2) is 24.3 Å². The van der Waals surface area contributed by atoms with Gasteiger partial charge in [0, 0.05) is 5.02 Å². The van der Waals surface area contributed by atoms with Crippen molar-refractivity contribution in [2.45, 2.75) is 31.2 Å². The molecule has 19 heavy (non-hydrogen) atoms. The summed E-state index contributed by atoms with van der Waals surface area (Å²) in [6.07, 6.45) is 4.63. The molecule has 0 bridgehead atoms. The Hall–Kier alpha value is -1.06. The Morgan fingerprint density at radius 3 is 2.37 bits per heavy atom. The molecule has 1 unspecified atom stereocenters. The summed E-state index contributed by atoms with van der Waals surface area (Å²) in [5.74, 6) is 0.771. The molecule has 2 aliphatic carbocycles. The second-order valence-electron chi connectivity index (χ2n) is 5.78. The van der Waals surface area contributed by atoms with Crippen LogP contribution in [0.4, 0.5) is 0 Å². The summed E-state index contributed by atoms with van der Waals surface area (Å²) in [6.45, 7) is 0.877. The van der Waals surface area contributed by atoms with Gasteiger partial charge in [-0.15, -0.1) is 0 Å². The zero-order valence-corrected chi connectivity index (χ0v) is 11.6. The maximum atomic E-state index is 12.1. The molecule has 0 saturated heterocycles. The third-order valence-electron chi connectivity index (χ3n) is 4.24. The lowest BCUT2D eigenvalue weighted by Gasteiger charge is -2.33. The standard InChI is InChI=1S/C15H19ClN2O/c16-13-7-5-12(6-8-13)15(14(17)19,11-3-4-11)18-9-10-1-2-10/h5-8,10-11,18H,1-4,9H2,(H2,17,19). The van der Waals surface area contributed by atoms with Crippen LogP contribution in [-0.2, 0) is 10.3 Å². The molecule has 0 heterocycles. The molecular formula is C15H19ClN2O. The average Bonchev–Trinajstić information content (AvgIpc) is 3.26. The van der Waals surface area contributed by atoms with Gasteiger partial charge in [-0.25, -0.2) is 0 Å². The van der Waals surface area contributed by atoms with Crippen LogP contribution in [0.5, 0.6) is 0 Å². The van der Waals surface area contributed by atoms with Gasteiger partial charge in [-0.2, -0.15) is 0 Å². The minimum atomic E-state index is -0.701. The van der Waals surface area contributed by atoms with Crippen molar-refractivity contribution >= 4 is 17.5 Å². The third-order valence-corrected chi connectivity index (χ3v) is 4.50. The Labute approximate surface area is 118 Å². The molecule has 102 valence electrons. The quantitative estimate of drug-likeness (QED) is 0.840. The molecule has 0 aromatic heterocycles. The monoisotopic (exact) mass is 278 g/mol. The van der Waals surface area contributed by atoms with E-state index in [1.807, 2.05) is 24.3 Å². The first kappa shape index (κ1) is 12.9. The van der Waals surface area contributed by atoms with Crippen LogP contribution in [0.25, 0.3) is 0 Å². The van der Waals surface area contributed by atoms with E-state index in [4.69, 9.17) is 17.3 Å². The first-order valence-corrected chi connectivity index (χ1v) is 7.31. The van der Waals surface area contributed by atoms with Crippen molar-refractivity contribution in [2.75, 3.05) is 6.54 Å². The Morgan fingerprint density at radius 1 is 1.26 bits per heavy atom. The van der Waals surface area contributed by atoms with E-state index in [1.54, 1.807) is 0 Å². The van der Waals surface area contributed by atoms with Gasteiger partial charge in [-0.05, 0) is 61.8 Å². The molecule has 1 aromatic carbocycles. The molecular weight excluding hydrogens is 260 g/mol. The first-order valence-electron chi connectivity index (χ1n) is 6.94. The van der Waals surface area contributed by atoms with Crippen LogP contribution in [-0.4, -0.2) is 12.5 Å². The minimum Gasteiger partial charge on any atom is -0.368 e. The predicted molar refractivity (Wildman–Crippen MR) is 75.8 cm³/mol. The van der Waals surface area contributed by atoms with Crippen LogP contribution in [0.3, 0.4) is 0 Å². The Kier molecular flexibility index (Phi) is 3.27. The van der Waals surface area contributed by atoms with Gasteiger partial charge < -0.3 is 5.73 Å². The van der Waals surface area contributed by atoms with E-state index >= 15 is 0 Å². The molecule has 1 atom stereocenters. The number of amides is 1. The number of carbonyl (C=O) groups is 1. The summed E-state index contributed by atoms with van der Waals surface area (Å²) < 4.78 is 0. The van der Waals surface area contributed by atoms with Gasteiger partial charge in [-0.3, -0.25) is 10.1 Å². The number of benzene rings is 1. The van der Waals surface area contributed by atoms with Gasteiger partial charge in [0.2, 0.25) is 5.91 Å². The van der Waals surface area contributed by atoms with Crippen molar-refractivity contribution in [3.8, 4) is 0 Å². The first-order chi connectivity index (χ1) is 9.13. The van der Waals surface area contributed by atoms with Crippen LogP contribution >= 0.6 is 11.6 Å². The fourth-order valence-electron chi connectivity index (χ4n) is 2.77. The van der Waals surface area contributed by atoms with E-state index in [9.17, 15) is 4.79 Å². The van der Waals surface area contributed by atoms with Gasteiger partial charge in [0.1, 0.15) is 5.54 Å². The fraction of sp³-hybridized carbons (Fsp3) is 0.533. The fourth-order valence-corrected chi connectivity index (χ4v) is 2.90. The van der Waals surface area contributed by atoms with E-state index in [0.717, 1.165) is 24.9 Å².